The van der Waals surface area contributed by atoms with Crippen molar-refractivity contribution in [3.8, 4) is 11.5 Å². The van der Waals surface area contributed by atoms with Crippen molar-refractivity contribution in [3.05, 3.63) is 24.3 Å². The zero-order chi connectivity index (χ0) is 19.2. The van der Waals surface area contributed by atoms with Gasteiger partial charge in [-0.15, -0.1) is 0 Å². The van der Waals surface area contributed by atoms with Crippen molar-refractivity contribution in [1.82, 2.24) is 15.1 Å². The first-order chi connectivity index (χ1) is 13.1. The fraction of sp³-hybridized carbons (Fsp3) is 0.600. The van der Waals surface area contributed by atoms with Gasteiger partial charge in [-0.3, -0.25) is 14.5 Å². The topological polar surface area (TPSA) is 71.1 Å². The molecule has 1 N–H and O–H groups in total. The van der Waals surface area contributed by atoms with E-state index in [4.69, 9.17) is 9.47 Å². The third-order valence-electron chi connectivity index (χ3n) is 4.99. The molecule has 3 rings (SSSR count). The van der Waals surface area contributed by atoms with E-state index in [1.807, 2.05) is 36.1 Å². The standard InChI is InChI=1S/C20H29N3O4/c1-3-4-9-21-18(24)14-22-10-12-23(13-11-22)20(25)19-15(2)26-16-7-5-6-8-17(16)27-19/h5-8,15,19H,3-4,9-14H2,1-2H3,(H,21,24). The smallest absolute Gasteiger partial charge is 0.267 e. The summed E-state index contributed by atoms with van der Waals surface area (Å²) in [5, 5.41) is 2.93. The summed E-state index contributed by atoms with van der Waals surface area (Å²) in [6.45, 7) is 7.63. The number of fused-ring (bicyclic) bond motifs is 1. The molecule has 0 aliphatic carbocycles. The van der Waals surface area contributed by atoms with Crippen LogP contribution in [0.5, 0.6) is 11.5 Å². The summed E-state index contributed by atoms with van der Waals surface area (Å²) < 4.78 is 11.8. The van der Waals surface area contributed by atoms with Crippen molar-refractivity contribution < 1.29 is 19.1 Å². The number of hydrogen-bond acceptors (Lipinski definition) is 5. The number of nitrogens with one attached hydrogen (secondary N) is 1. The van der Waals surface area contributed by atoms with Gasteiger partial charge in [0.25, 0.3) is 5.91 Å². The van der Waals surface area contributed by atoms with E-state index >= 15 is 0 Å². The second kappa shape index (κ2) is 9.08. The maximum Gasteiger partial charge on any atom is 0.267 e. The molecule has 7 nitrogen and oxygen atoms in total. The zero-order valence-corrected chi connectivity index (χ0v) is 16.1. The first-order valence-electron chi connectivity index (χ1n) is 9.78. The largest absolute Gasteiger partial charge is 0.482 e. The minimum Gasteiger partial charge on any atom is -0.482 e. The molecular weight excluding hydrogens is 346 g/mol. The number of piperazine rings is 1. The Balaban J connectivity index is 1.48. The van der Waals surface area contributed by atoms with Crippen LogP contribution in [0.3, 0.4) is 0 Å². The van der Waals surface area contributed by atoms with E-state index in [9.17, 15) is 9.59 Å². The zero-order valence-electron chi connectivity index (χ0n) is 16.1. The molecular formula is C20H29N3O4. The molecule has 2 aliphatic heterocycles. The van der Waals surface area contributed by atoms with E-state index in [1.54, 1.807) is 0 Å². The van der Waals surface area contributed by atoms with Gasteiger partial charge >= 0.3 is 0 Å². The molecule has 0 radical (unpaired) electrons. The van der Waals surface area contributed by atoms with Crippen molar-refractivity contribution in [2.24, 2.45) is 0 Å². The Morgan fingerprint density at radius 3 is 2.44 bits per heavy atom. The summed E-state index contributed by atoms with van der Waals surface area (Å²) in [6.07, 6.45) is 1.09. The van der Waals surface area contributed by atoms with Gasteiger partial charge in [-0.25, -0.2) is 0 Å². The highest BCUT2D eigenvalue weighted by molar-refractivity contribution is 5.82. The number of carbonyl (C=O) groups is 2. The molecule has 1 fully saturated rings. The number of amides is 2. The van der Waals surface area contributed by atoms with E-state index in [1.165, 1.54) is 0 Å². The summed E-state index contributed by atoms with van der Waals surface area (Å²) in [5.41, 5.74) is 0. The first-order valence-corrected chi connectivity index (χ1v) is 9.78. The minimum atomic E-state index is -0.635. The molecule has 0 bridgehead atoms. The second-order valence-electron chi connectivity index (χ2n) is 7.11. The summed E-state index contributed by atoms with van der Waals surface area (Å²) in [6, 6.07) is 7.41. The van der Waals surface area contributed by atoms with Gasteiger partial charge in [-0.05, 0) is 25.5 Å². The average Bonchev–Trinajstić information content (AvgIpc) is 2.68. The molecule has 148 valence electrons. The lowest BCUT2D eigenvalue weighted by Gasteiger charge is -2.38. The molecule has 2 amide bonds. The molecule has 27 heavy (non-hydrogen) atoms. The Morgan fingerprint density at radius 1 is 1.11 bits per heavy atom. The Hall–Kier alpha value is -2.28. The van der Waals surface area contributed by atoms with Crippen molar-refractivity contribution >= 4 is 11.8 Å². The van der Waals surface area contributed by atoms with E-state index in [0.717, 1.165) is 19.4 Å². The summed E-state index contributed by atoms with van der Waals surface area (Å²) in [7, 11) is 0. The SMILES string of the molecule is CCCCNC(=O)CN1CCN(C(=O)C2Oc3ccccc3OC2C)CC1. The van der Waals surface area contributed by atoms with Crippen LogP contribution in [0, 0.1) is 0 Å². The molecule has 0 aromatic heterocycles. The average molecular weight is 375 g/mol. The summed E-state index contributed by atoms with van der Waals surface area (Å²) in [4.78, 5) is 28.7. The number of ether oxygens (including phenoxy) is 2. The Kier molecular flexibility index (Phi) is 6.55. The van der Waals surface area contributed by atoms with Crippen LogP contribution in [-0.2, 0) is 9.59 Å². The molecule has 0 saturated carbocycles. The maximum atomic E-state index is 12.9. The van der Waals surface area contributed by atoms with Crippen LogP contribution in [0.2, 0.25) is 0 Å². The third-order valence-corrected chi connectivity index (χ3v) is 4.99. The summed E-state index contributed by atoms with van der Waals surface area (Å²) >= 11 is 0. The van der Waals surface area contributed by atoms with Crippen molar-refractivity contribution in [1.29, 1.82) is 0 Å². The number of benzene rings is 1. The maximum absolute atomic E-state index is 12.9. The molecule has 1 aromatic carbocycles. The fourth-order valence-corrected chi connectivity index (χ4v) is 3.36. The fourth-order valence-electron chi connectivity index (χ4n) is 3.36. The van der Waals surface area contributed by atoms with Gasteiger partial charge in [0.1, 0.15) is 6.10 Å². The van der Waals surface area contributed by atoms with Gasteiger partial charge in [0.2, 0.25) is 12.0 Å². The Labute approximate surface area is 160 Å². The number of nitrogens with zero attached hydrogens (tertiary/aromatic N) is 2. The van der Waals surface area contributed by atoms with Gasteiger partial charge in [0.15, 0.2) is 11.5 Å². The number of para-hydroxylation sites is 2. The lowest BCUT2D eigenvalue weighted by atomic mass is 10.1. The predicted octanol–water partition coefficient (Wildman–Crippen LogP) is 1.28. The number of unbranched alkanes of at least 4 members (excludes halogenated alkanes) is 1. The highest BCUT2D eigenvalue weighted by Gasteiger charge is 2.37. The van der Waals surface area contributed by atoms with Crippen LogP contribution >= 0.6 is 0 Å². The van der Waals surface area contributed by atoms with E-state index < -0.39 is 6.10 Å². The Morgan fingerprint density at radius 2 is 1.78 bits per heavy atom. The highest BCUT2D eigenvalue weighted by atomic mass is 16.6. The van der Waals surface area contributed by atoms with Crippen LogP contribution in [0.25, 0.3) is 0 Å². The van der Waals surface area contributed by atoms with Gasteiger partial charge in [-0.1, -0.05) is 25.5 Å². The Bertz CT molecular complexity index is 658. The number of carbonyl (C=O) groups excluding carboxylic acids is 2. The second-order valence-corrected chi connectivity index (χ2v) is 7.11. The molecule has 1 aromatic rings. The lowest BCUT2D eigenvalue weighted by molar-refractivity contribution is -0.146. The lowest BCUT2D eigenvalue weighted by Crippen LogP contribution is -2.56. The van der Waals surface area contributed by atoms with E-state index in [-0.39, 0.29) is 17.9 Å². The van der Waals surface area contributed by atoms with Crippen molar-refractivity contribution in [2.75, 3.05) is 39.3 Å². The molecule has 2 heterocycles. The quantitative estimate of drug-likeness (QED) is 0.759. The molecule has 0 spiro atoms. The first kappa shape index (κ1) is 19.5. The van der Waals surface area contributed by atoms with Gasteiger partial charge < -0.3 is 19.7 Å². The monoisotopic (exact) mass is 375 g/mol. The molecule has 2 atom stereocenters. The normalized spacial score (nSPS) is 22.4. The van der Waals surface area contributed by atoms with Crippen molar-refractivity contribution in [2.45, 2.75) is 38.9 Å². The van der Waals surface area contributed by atoms with Gasteiger partial charge in [0, 0.05) is 32.7 Å². The number of rotatable bonds is 6. The van der Waals surface area contributed by atoms with Gasteiger partial charge in [0.05, 0.1) is 6.54 Å². The predicted molar refractivity (Wildman–Crippen MR) is 102 cm³/mol. The number of hydrogen-bond donors (Lipinski definition) is 1. The van der Waals surface area contributed by atoms with E-state index in [2.05, 4.69) is 17.1 Å². The van der Waals surface area contributed by atoms with Crippen molar-refractivity contribution in [3.63, 3.8) is 0 Å². The third kappa shape index (κ3) is 4.91. The summed E-state index contributed by atoms with van der Waals surface area (Å²) in [5.74, 6) is 1.28. The van der Waals surface area contributed by atoms with Crippen LogP contribution in [0.4, 0.5) is 0 Å². The minimum absolute atomic E-state index is 0.0518. The van der Waals surface area contributed by atoms with Crippen LogP contribution in [0.1, 0.15) is 26.7 Å². The molecule has 1 saturated heterocycles. The highest BCUT2D eigenvalue weighted by Crippen LogP contribution is 2.33. The molecule has 7 heteroatoms. The molecule has 2 unspecified atom stereocenters. The van der Waals surface area contributed by atoms with Crippen LogP contribution in [-0.4, -0.2) is 73.1 Å². The molecule has 2 aliphatic rings. The van der Waals surface area contributed by atoms with Gasteiger partial charge in [-0.2, -0.15) is 0 Å². The van der Waals surface area contributed by atoms with E-state index in [0.29, 0.717) is 44.2 Å². The van der Waals surface area contributed by atoms with Crippen LogP contribution < -0.4 is 14.8 Å². The van der Waals surface area contributed by atoms with Crippen LogP contribution in [0.15, 0.2) is 24.3 Å².